The Hall–Kier alpha value is -1.60. The van der Waals surface area contributed by atoms with Gasteiger partial charge in [0.15, 0.2) is 0 Å². The smallest absolute Gasteiger partial charge is 0.335 e. The zero-order chi connectivity index (χ0) is 14.9. The van der Waals surface area contributed by atoms with Crippen molar-refractivity contribution in [2.75, 3.05) is 18.8 Å². The Morgan fingerprint density at radius 1 is 1.45 bits per heavy atom. The average molecular weight is 298 g/mol. The van der Waals surface area contributed by atoms with Gasteiger partial charge in [-0.15, -0.1) is 0 Å². The van der Waals surface area contributed by atoms with Gasteiger partial charge in [-0.25, -0.2) is 13.2 Å². The molecule has 2 rings (SSSR count). The maximum Gasteiger partial charge on any atom is 0.335 e. The van der Waals surface area contributed by atoms with E-state index in [4.69, 9.17) is 10.8 Å². The fourth-order valence-electron chi connectivity index (χ4n) is 2.42. The number of hydrogen-bond donors (Lipinski definition) is 2. The Bertz CT molecular complexity index is 627. The van der Waals surface area contributed by atoms with E-state index in [0.29, 0.717) is 19.0 Å². The van der Waals surface area contributed by atoms with Gasteiger partial charge in [-0.1, -0.05) is 6.92 Å². The molecule has 1 aliphatic heterocycles. The summed E-state index contributed by atoms with van der Waals surface area (Å²) in [6.45, 7) is 2.97. The van der Waals surface area contributed by atoms with Gasteiger partial charge in [-0.3, -0.25) is 0 Å². The lowest BCUT2D eigenvalue weighted by atomic mass is 10.0. The number of benzene rings is 1. The van der Waals surface area contributed by atoms with Crippen LogP contribution in [0.15, 0.2) is 23.1 Å². The molecular weight excluding hydrogens is 280 g/mol. The van der Waals surface area contributed by atoms with Crippen molar-refractivity contribution in [2.24, 2.45) is 5.92 Å². The summed E-state index contributed by atoms with van der Waals surface area (Å²) < 4.78 is 26.5. The van der Waals surface area contributed by atoms with Gasteiger partial charge >= 0.3 is 5.97 Å². The van der Waals surface area contributed by atoms with Crippen LogP contribution in [0.25, 0.3) is 0 Å². The van der Waals surface area contributed by atoms with Gasteiger partial charge in [0, 0.05) is 13.1 Å². The lowest BCUT2D eigenvalue weighted by Gasteiger charge is -2.30. The Kier molecular flexibility index (Phi) is 4.01. The van der Waals surface area contributed by atoms with Gasteiger partial charge in [0.1, 0.15) is 4.90 Å². The first kappa shape index (κ1) is 14.8. The van der Waals surface area contributed by atoms with E-state index in [1.165, 1.54) is 22.5 Å². The first-order valence-electron chi connectivity index (χ1n) is 6.45. The third-order valence-electron chi connectivity index (χ3n) is 3.49. The maximum absolute atomic E-state index is 12.5. The van der Waals surface area contributed by atoms with Crippen LogP contribution in [0.5, 0.6) is 0 Å². The molecule has 0 aliphatic carbocycles. The van der Waals surface area contributed by atoms with E-state index in [0.717, 1.165) is 12.8 Å². The number of carboxylic acids is 1. The highest BCUT2D eigenvalue weighted by Gasteiger charge is 2.30. The molecule has 6 nitrogen and oxygen atoms in total. The molecular formula is C13H18N2O4S. The van der Waals surface area contributed by atoms with Crippen LogP contribution in [-0.2, 0) is 10.0 Å². The normalized spacial score (nSPS) is 20.8. The van der Waals surface area contributed by atoms with Crippen LogP contribution in [0.1, 0.15) is 30.1 Å². The minimum atomic E-state index is -3.65. The Balaban J connectivity index is 2.36. The summed E-state index contributed by atoms with van der Waals surface area (Å²) in [5.74, 6) is -0.815. The molecule has 0 radical (unpaired) electrons. The second-order valence-electron chi connectivity index (χ2n) is 5.17. The number of carbonyl (C=O) groups is 1. The lowest BCUT2D eigenvalue weighted by molar-refractivity contribution is 0.0697. The molecule has 1 aromatic carbocycles. The minimum absolute atomic E-state index is 0.0170. The zero-order valence-corrected chi connectivity index (χ0v) is 12.1. The van der Waals surface area contributed by atoms with Gasteiger partial charge in [-0.05, 0) is 37.0 Å². The molecule has 1 atom stereocenters. The van der Waals surface area contributed by atoms with Crippen LogP contribution in [-0.4, -0.2) is 36.9 Å². The summed E-state index contributed by atoms with van der Waals surface area (Å²) in [5, 5.41) is 8.87. The maximum atomic E-state index is 12.5. The van der Waals surface area contributed by atoms with Crippen LogP contribution >= 0.6 is 0 Å². The van der Waals surface area contributed by atoms with Gasteiger partial charge in [-0.2, -0.15) is 4.31 Å². The topological polar surface area (TPSA) is 101 Å². The number of anilines is 1. The molecule has 1 heterocycles. The number of nitrogen functional groups attached to an aromatic ring is 1. The van der Waals surface area contributed by atoms with Crippen molar-refractivity contribution in [3.63, 3.8) is 0 Å². The number of nitrogens with zero attached hydrogens (tertiary/aromatic N) is 1. The third kappa shape index (κ3) is 2.78. The Labute approximate surface area is 118 Å². The standard InChI is InChI=1S/C13H18N2O4S/c1-9-3-2-6-15(8-9)20(18,19)12-5-4-10(13(16)17)7-11(12)14/h4-5,7,9H,2-3,6,8,14H2,1H3,(H,16,17). The fraction of sp³-hybridized carbons (Fsp3) is 0.462. The molecule has 0 aromatic heterocycles. The largest absolute Gasteiger partial charge is 0.478 e. The van der Waals surface area contributed by atoms with Crippen molar-refractivity contribution in [1.82, 2.24) is 4.31 Å². The summed E-state index contributed by atoms with van der Waals surface area (Å²) in [6.07, 6.45) is 1.84. The van der Waals surface area contributed by atoms with Crippen molar-refractivity contribution in [1.29, 1.82) is 0 Å². The molecule has 0 amide bonds. The van der Waals surface area contributed by atoms with Gasteiger partial charge in [0.25, 0.3) is 0 Å². The SMILES string of the molecule is CC1CCCN(S(=O)(=O)c2ccc(C(=O)O)cc2N)C1. The van der Waals surface area contributed by atoms with E-state index in [2.05, 4.69) is 0 Å². The van der Waals surface area contributed by atoms with Crippen LogP contribution in [0.3, 0.4) is 0 Å². The molecule has 20 heavy (non-hydrogen) atoms. The van der Waals surface area contributed by atoms with Gasteiger partial charge in [0.2, 0.25) is 10.0 Å². The highest BCUT2D eigenvalue weighted by Crippen LogP contribution is 2.27. The molecule has 3 N–H and O–H groups in total. The predicted molar refractivity (Wildman–Crippen MR) is 75.0 cm³/mol. The Morgan fingerprint density at radius 2 is 2.15 bits per heavy atom. The summed E-state index contributed by atoms with van der Waals surface area (Å²) >= 11 is 0. The van der Waals surface area contributed by atoms with E-state index in [9.17, 15) is 13.2 Å². The molecule has 1 fully saturated rings. The monoisotopic (exact) mass is 298 g/mol. The number of nitrogens with two attached hydrogens (primary N) is 1. The van der Waals surface area contributed by atoms with Crippen molar-refractivity contribution < 1.29 is 18.3 Å². The second-order valence-corrected chi connectivity index (χ2v) is 7.07. The number of sulfonamides is 1. The fourth-order valence-corrected chi connectivity index (χ4v) is 4.12. The van der Waals surface area contributed by atoms with Gasteiger partial charge in [0.05, 0.1) is 11.3 Å². The van der Waals surface area contributed by atoms with Crippen LogP contribution in [0.2, 0.25) is 0 Å². The molecule has 7 heteroatoms. The van der Waals surface area contributed by atoms with E-state index in [-0.39, 0.29) is 16.1 Å². The number of carboxylic acid groups (broad SMARTS) is 1. The molecule has 0 saturated carbocycles. The number of rotatable bonds is 3. The number of aromatic carboxylic acids is 1. The number of hydrogen-bond acceptors (Lipinski definition) is 4. The molecule has 1 unspecified atom stereocenters. The first-order valence-corrected chi connectivity index (χ1v) is 7.89. The summed E-state index contributed by atoms with van der Waals surface area (Å²) in [4.78, 5) is 10.8. The predicted octanol–water partition coefficient (Wildman–Crippen LogP) is 1.39. The summed E-state index contributed by atoms with van der Waals surface area (Å²) in [5.41, 5.74) is 5.67. The average Bonchev–Trinajstić information content (AvgIpc) is 2.38. The zero-order valence-electron chi connectivity index (χ0n) is 11.2. The highest BCUT2D eigenvalue weighted by molar-refractivity contribution is 7.89. The van der Waals surface area contributed by atoms with Crippen LogP contribution in [0, 0.1) is 5.92 Å². The van der Waals surface area contributed by atoms with Crippen molar-refractivity contribution >= 4 is 21.7 Å². The minimum Gasteiger partial charge on any atom is -0.478 e. The molecule has 1 aromatic rings. The third-order valence-corrected chi connectivity index (χ3v) is 5.43. The van der Waals surface area contributed by atoms with Crippen molar-refractivity contribution in [3.8, 4) is 0 Å². The Morgan fingerprint density at radius 3 is 2.70 bits per heavy atom. The lowest BCUT2D eigenvalue weighted by Crippen LogP contribution is -2.39. The van der Waals surface area contributed by atoms with E-state index < -0.39 is 16.0 Å². The molecule has 0 spiro atoms. The van der Waals surface area contributed by atoms with Crippen LogP contribution in [0.4, 0.5) is 5.69 Å². The molecule has 1 aliphatic rings. The van der Waals surface area contributed by atoms with Crippen molar-refractivity contribution in [3.05, 3.63) is 23.8 Å². The quantitative estimate of drug-likeness (QED) is 0.821. The molecule has 110 valence electrons. The van der Waals surface area contributed by atoms with E-state index in [1.54, 1.807) is 0 Å². The van der Waals surface area contributed by atoms with Gasteiger partial charge < -0.3 is 10.8 Å². The highest BCUT2D eigenvalue weighted by atomic mass is 32.2. The second kappa shape index (κ2) is 5.41. The first-order chi connectivity index (χ1) is 9.32. The summed E-state index contributed by atoms with van der Waals surface area (Å²) in [6, 6.07) is 3.72. The number of piperidine rings is 1. The molecule has 1 saturated heterocycles. The van der Waals surface area contributed by atoms with E-state index in [1.807, 2.05) is 6.92 Å². The van der Waals surface area contributed by atoms with Crippen LogP contribution < -0.4 is 5.73 Å². The summed E-state index contributed by atoms with van der Waals surface area (Å²) in [7, 11) is -3.65. The molecule has 0 bridgehead atoms. The van der Waals surface area contributed by atoms with Crippen molar-refractivity contribution in [2.45, 2.75) is 24.7 Å². The van der Waals surface area contributed by atoms with E-state index >= 15 is 0 Å².